The van der Waals surface area contributed by atoms with Gasteiger partial charge in [0.05, 0.1) is 5.56 Å². The van der Waals surface area contributed by atoms with E-state index in [-0.39, 0.29) is 11.5 Å². The monoisotopic (exact) mass is 354 g/mol. The van der Waals surface area contributed by atoms with Crippen LogP contribution in [0.15, 0.2) is 41.3 Å². The van der Waals surface area contributed by atoms with Gasteiger partial charge in [-0.1, -0.05) is 43.1 Å². The Balaban J connectivity index is 0.00000127. The van der Waals surface area contributed by atoms with Crippen molar-refractivity contribution in [2.75, 3.05) is 0 Å². The quantitative estimate of drug-likeness (QED) is 0.897. The molecule has 0 aliphatic heterocycles. The lowest BCUT2D eigenvalue weighted by Gasteiger charge is -2.09. The number of carbonyl (C=O) groups excluding carboxylic acids is 1. The first kappa shape index (κ1) is 19.3. The third kappa shape index (κ3) is 5.41. The summed E-state index contributed by atoms with van der Waals surface area (Å²) in [6.45, 7) is 6.65. The van der Waals surface area contributed by atoms with Crippen LogP contribution in [0, 0.1) is 0 Å². The number of rotatable bonds is 4. The normalized spacial score (nSPS) is 9.78. The fourth-order valence-electron chi connectivity index (χ4n) is 1.86. The lowest BCUT2D eigenvalue weighted by molar-refractivity contribution is 0.0950. The van der Waals surface area contributed by atoms with E-state index in [9.17, 15) is 9.59 Å². The molecule has 0 saturated heterocycles. The van der Waals surface area contributed by atoms with E-state index < -0.39 is 0 Å². The summed E-state index contributed by atoms with van der Waals surface area (Å²) in [5, 5.41) is 3.81. The van der Waals surface area contributed by atoms with E-state index in [1.807, 2.05) is 20.8 Å². The summed E-state index contributed by atoms with van der Waals surface area (Å²) in [4.78, 5) is 23.6. The summed E-state index contributed by atoms with van der Waals surface area (Å²) < 4.78 is 1.48. The van der Waals surface area contributed by atoms with Gasteiger partial charge in [0.2, 0.25) is 0 Å². The molecule has 0 radical (unpaired) electrons. The Morgan fingerprint density at radius 1 is 1.17 bits per heavy atom. The van der Waals surface area contributed by atoms with E-state index in [2.05, 4.69) is 5.32 Å². The Morgan fingerprint density at radius 2 is 1.87 bits per heavy atom. The van der Waals surface area contributed by atoms with Gasteiger partial charge in [0, 0.05) is 35.4 Å². The zero-order valence-electron chi connectivity index (χ0n) is 13.4. The molecule has 124 valence electrons. The third-order valence-corrected chi connectivity index (χ3v) is 3.63. The summed E-state index contributed by atoms with van der Waals surface area (Å²) in [6.07, 6.45) is 1.54. The predicted octanol–water partition coefficient (Wildman–Crippen LogP) is 4.13. The van der Waals surface area contributed by atoms with Gasteiger partial charge in [-0.25, -0.2) is 0 Å². The molecule has 0 atom stereocenters. The molecule has 0 fully saturated rings. The highest BCUT2D eigenvalue weighted by Gasteiger charge is 2.08. The zero-order valence-corrected chi connectivity index (χ0v) is 14.9. The number of carbonyl (C=O) groups is 1. The van der Waals surface area contributed by atoms with Crippen LogP contribution in [0.3, 0.4) is 0 Å². The molecule has 1 heterocycles. The average molecular weight is 355 g/mol. The molecule has 0 unspecified atom stereocenters. The molecule has 0 bridgehead atoms. The van der Waals surface area contributed by atoms with Crippen molar-refractivity contribution in [2.45, 2.75) is 33.9 Å². The van der Waals surface area contributed by atoms with Crippen molar-refractivity contribution in [3.05, 3.63) is 68.1 Å². The van der Waals surface area contributed by atoms with E-state index in [0.717, 1.165) is 5.56 Å². The fourth-order valence-corrected chi connectivity index (χ4v) is 2.33. The maximum atomic E-state index is 12.1. The maximum Gasteiger partial charge on any atom is 0.253 e. The van der Waals surface area contributed by atoms with E-state index in [1.165, 1.54) is 16.7 Å². The van der Waals surface area contributed by atoms with Crippen molar-refractivity contribution in [3.8, 4) is 0 Å². The van der Waals surface area contributed by atoms with Crippen LogP contribution >= 0.6 is 23.2 Å². The number of hydrogen-bond donors (Lipinski definition) is 1. The smallest absolute Gasteiger partial charge is 0.253 e. The van der Waals surface area contributed by atoms with Crippen molar-refractivity contribution in [1.82, 2.24) is 9.88 Å². The minimum Gasteiger partial charge on any atom is -0.348 e. The van der Waals surface area contributed by atoms with Crippen molar-refractivity contribution >= 4 is 29.1 Å². The van der Waals surface area contributed by atoms with Crippen LogP contribution in [0.4, 0.5) is 0 Å². The fraction of sp³-hybridized carbons (Fsp3) is 0.294. The summed E-state index contributed by atoms with van der Waals surface area (Å²) in [6, 6.07) is 7.99. The molecule has 1 aromatic heterocycles. The molecule has 6 heteroatoms. The number of nitrogens with zero attached hydrogens (tertiary/aromatic N) is 1. The second kappa shape index (κ2) is 9.38. The molecule has 1 N–H and O–H groups in total. The van der Waals surface area contributed by atoms with Crippen LogP contribution in [0.25, 0.3) is 0 Å². The highest BCUT2D eigenvalue weighted by molar-refractivity contribution is 6.35. The van der Waals surface area contributed by atoms with Crippen LogP contribution in [0.2, 0.25) is 10.0 Å². The summed E-state index contributed by atoms with van der Waals surface area (Å²) in [5.41, 5.74) is 1.08. The van der Waals surface area contributed by atoms with Gasteiger partial charge in [-0.15, -0.1) is 0 Å². The minimum atomic E-state index is -0.261. The van der Waals surface area contributed by atoms with Crippen LogP contribution in [-0.2, 0) is 13.1 Å². The van der Waals surface area contributed by atoms with Gasteiger partial charge in [-0.2, -0.15) is 0 Å². The van der Waals surface area contributed by atoms with Crippen molar-refractivity contribution in [1.29, 1.82) is 0 Å². The highest BCUT2D eigenvalue weighted by Crippen LogP contribution is 2.20. The number of nitrogens with one attached hydrogen (secondary N) is 1. The van der Waals surface area contributed by atoms with E-state index in [0.29, 0.717) is 28.7 Å². The molecule has 2 rings (SSSR count). The Bertz CT molecular complexity index is 727. The molecule has 4 nitrogen and oxygen atoms in total. The first-order valence-corrected chi connectivity index (χ1v) is 8.19. The molecule has 1 amide bonds. The molecule has 23 heavy (non-hydrogen) atoms. The Hall–Kier alpha value is -1.78. The average Bonchev–Trinajstić information content (AvgIpc) is 2.56. The Kier molecular flexibility index (Phi) is 7.86. The van der Waals surface area contributed by atoms with Crippen molar-refractivity contribution < 1.29 is 4.79 Å². The van der Waals surface area contributed by atoms with Gasteiger partial charge in [0.25, 0.3) is 11.5 Å². The standard InChI is InChI=1S/C15H14Cl2N2O2.C2H6/c1-2-19-9-11(4-6-14(19)20)15(21)18-8-10-3-5-12(16)7-13(10)17;1-2/h3-7,9H,2,8H2,1H3,(H,18,21);1-2H3. The zero-order chi connectivity index (χ0) is 17.4. The van der Waals surface area contributed by atoms with Crippen LogP contribution in [0.5, 0.6) is 0 Å². The number of amides is 1. The first-order valence-electron chi connectivity index (χ1n) is 7.44. The number of pyridine rings is 1. The summed E-state index contributed by atoms with van der Waals surface area (Å²) >= 11 is 11.9. The molecule has 0 spiro atoms. The number of benzene rings is 1. The van der Waals surface area contributed by atoms with Crippen molar-refractivity contribution in [3.63, 3.8) is 0 Å². The lowest BCUT2D eigenvalue weighted by Crippen LogP contribution is -2.26. The SMILES string of the molecule is CC.CCn1cc(C(=O)NCc2ccc(Cl)cc2Cl)ccc1=O. The predicted molar refractivity (Wildman–Crippen MR) is 95.4 cm³/mol. The molecule has 0 aliphatic carbocycles. The lowest BCUT2D eigenvalue weighted by atomic mass is 10.2. The highest BCUT2D eigenvalue weighted by atomic mass is 35.5. The third-order valence-electron chi connectivity index (χ3n) is 3.04. The summed E-state index contributed by atoms with van der Waals surface area (Å²) in [7, 11) is 0. The number of aromatic nitrogens is 1. The molecular formula is C17H20Cl2N2O2. The minimum absolute atomic E-state index is 0.130. The van der Waals surface area contributed by atoms with Crippen LogP contribution in [0.1, 0.15) is 36.7 Å². The topological polar surface area (TPSA) is 51.1 Å². The van der Waals surface area contributed by atoms with Gasteiger partial charge in [-0.05, 0) is 30.7 Å². The van der Waals surface area contributed by atoms with Gasteiger partial charge < -0.3 is 9.88 Å². The van der Waals surface area contributed by atoms with E-state index in [4.69, 9.17) is 23.2 Å². The largest absolute Gasteiger partial charge is 0.348 e. The van der Waals surface area contributed by atoms with Gasteiger partial charge in [0.15, 0.2) is 0 Å². The second-order valence-electron chi connectivity index (χ2n) is 4.46. The molecular weight excluding hydrogens is 335 g/mol. The van der Waals surface area contributed by atoms with Gasteiger partial charge >= 0.3 is 0 Å². The molecule has 0 saturated carbocycles. The maximum absolute atomic E-state index is 12.1. The van der Waals surface area contributed by atoms with Gasteiger partial charge in [-0.3, -0.25) is 9.59 Å². The Labute approximate surface area is 146 Å². The molecule has 2 aromatic rings. The van der Waals surface area contributed by atoms with E-state index >= 15 is 0 Å². The first-order chi connectivity index (χ1) is 11.0. The molecule has 1 aromatic carbocycles. The van der Waals surface area contributed by atoms with Crippen molar-refractivity contribution in [2.24, 2.45) is 0 Å². The Morgan fingerprint density at radius 3 is 2.48 bits per heavy atom. The number of aryl methyl sites for hydroxylation is 1. The van der Waals surface area contributed by atoms with Crippen LogP contribution < -0.4 is 10.9 Å². The second-order valence-corrected chi connectivity index (χ2v) is 5.30. The van der Waals surface area contributed by atoms with Gasteiger partial charge in [0.1, 0.15) is 0 Å². The van der Waals surface area contributed by atoms with Crippen LogP contribution in [-0.4, -0.2) is 10.5 Å². The number of halogens is 2. The summed E-state index contributed by atoms with van der Waals surface area (Å²) in [5.74, 6) is -0.261. The van der Waals surface area contributed by atoms with E-state index in [1.54, 1.807) is 24.4 Å². The number of hydrogen-bond acceptors (Lipinski definition) is 2. The molecule has 0 aliphatic rings.